The Bertz CT molecular complexity index is 859. The summed E-state index contributed by atoms with van der Waals surface area (Å²) in [4.78, 5) is 15.3. The summed E-state index contributed by atoms with van der Waals surface area (Å²) >= 11 is 0. The van der Waals surface area contributed by atoms with Crippen LogP contribution in [0.2, 0.25) is 0 Å². The quantitative estimate of drug-likeness (QED) is 0.663. The molecule has 2 aromatic rings. The van der Waals surface area contributed by atoms with Gasteiger partial charge >= 0.3 is 0 Å². The van der Waals surface area contributed by atoms with Crippen LogP contribution >= 0.6 is 0 Å². The highest BCUT2D eigenvalue weighted by Gasteiger charge is 2.27. The number of nitrogens with one attached hydrogen (secondary N) is 2. The van der Waals surface area contributed by atoms with Crippen LogP contribution in [0.4, 0.5) is 0 Å². The number of ether oxygens (including phenoxy) is 1. The zero-order valence-corrected chi connectivity index (χ0v) is 18.8. The van der Waals surface area contributed by atoms with Gasteiger partial charge < -0.3 is 15.4 Å². The van der Waals surface area contributed by atoms with Crippen molar-refractivity contribution < 1.29 is 9.53 Å². The van der Waals surface area contributed by atoms with Crippen LogP contribution in [0.25, 0.3) is 0 Å². The van der Waals surface area contributed by atoms with Crippen LogP contribution in [-0.4, -0.2) is 49.0 Å². The number of carbonyl (C=O) groups is 1. The summed E-state index contributed by atoms with van der Waals surface area (Å²) in [5.41, 5.74) is 3.29. The van der Waals surface area contributed by atoms with Crippen LogP contribution in [-0.2, 0) is 6.54 Å². The smallest absolute Gasteiger partial charge is 0.179 e. The fraction of sp³-hybridized carbons (Fsp3) is 0.500. The number of nitrogens with zero attached hydrogens (tertiary/aromatic N) is 1. The molecule has 2 aromatic carbocycles. The number of hydrogen-bond donors (Lipinski definition) is 2. The molecule has 2 N–H and O–H groups in total. The zero-order valence-electron chi connectivity index (χ0n) is 18.8. The highest BCUT2D eigenvalue weighted by Crippen LogP contribution is 2.32. The number of ketones is 1. The van der Waals surface area contributed by atoms with Crippen LogP contribution in [0.1, 0.15) is 60.6 Å². The van der Waals surface area contributed by atoms with Crippen molar-refractivity contribution in [2.75, 3.05) is 26.2 Å². The van der Waals surface area contributed by atoms with E-state index in [-0.39, 0.29) is 24.0 Å². The van der Waals surface area contributed by atoms with E-state index < -0.39 is 0 Å². The Balaban J connectivity index is 1.47. The third-order valence-electron chi connectivity index (χ3n) is 6.25. The van der Waals surface area contributed by atoms with Crippen LogP contribution in [0.15, 0.2) is 48.5 Å². The third-order valence-corrected chi connectivity index (χ3v) is 6.25. The van der Waals surface area contributed by atoms with Crippen LogP contribution in [0, 0.1) is 0 Å². The normalized spacial score (nSPS) is 22.4. The predicted octanol–water partition coefficient (Wildman–Crippen LogP) is 3.95. The molecule has 2 atom stereocenters. The maximum absolute atomic E-state index is 12.8. The van der Waals surface area contributed by atoms with Crippen molar-refractivity contribution in [1.29, 1.82) is 0 Å². The summed E-state index contributed by atoms with van der Waals surface area (Å²) in [6.45, 7) is 8.81. The number of hydrogen-bond acceptors (Lipinski definition) is 5. The van der Waals surface area contributed by atoms with E-state index in [0.717, 1.165) is 56.9 Å². The van der Waals surface area contributed by atoms with Crippen molar-refractivity contribution in [2.24, 2.45) is 0 Å². The third kappa shape index (κ3) is 5.53. The van der Waals surface area contributed by atoms with Crippen LogP contribution in [0.5, 0.6) is 5.75 Å². The molecule has 0 bridgehead atoms. The summed E-state index contributed by atoms with van der Waals surface area (Å²) in [6, 6.07) is 16.9. The fourth-order valence-corrected chi connectivity index (χ4v) is 4.65. The first-order valence-electron chi connectivity index (χ1n) is 11.7. The van der Waals surface area contributed by atoms with Gasteiger partial charge in [-0.05, 0) is 44.9 Å². The molecule has 0 saturated carbocycles. The molecule has 0 spiro atoms. The minimum Gasteiger partial charge on any atom is -0.491 e. The van der Waals surface area contributed by atoms with Crippen molar-refractivity contribution in [3.8, 4) is 5.75 Å². The molecule has 0 aliphatic carbocycles. The Labute approximate surface area is 186 Å². The maximum Gasteiger partial charge on any atom is 0.179 e. The number of Topliss-reactive ketones (excluding diaryl/α,β-unsaturated/α-hetero) is 1. The molecule has 2 aliphatic heterocycles. The summed E-state index contributed by atoms with van der Waals surface area (Å²) < 4.78 is 6.10. The Hall–Kier alpha value is -2.21. The highest BCUT2D eigenvalue weighted by molar-refractivity contribution is 6.00. The summed E-state index contributed by atoms with van der Waals surface area (Å²) in [7, 11) is 0. The number of rotatable bonds is 7. The molecule has 0 aromatic heterocycles. The van der Waals surface area contributed by atoms with E-state index >= 15 is 0 Å². The number of piperidine rings is 1. The van der Waals surface area contributed by atoms with Gasteiger partial charge in [0.15, 0.2) is 5.78 Å². The van der Waals surface area contributed by atoms with Gasteiger partial charge in [-0.15, -0.1) is 0 Å². The van der Waals surface area contributed by atoms with E-state index in [2.05, 4.69) is 59.7 Å². The maximum atomic E-state index is 12.8. The van der Waals surface area contributed by atoms with Gasteiger partial charge in [0, 0.05) is 37.3 Å². The number of para-hydroxylation sites is 1. The van der Waals surface area contributed by atoms with Gasteiger partial charge in [-0.25, -0.2) is 0 Å². The van der Waals surface area contributed by atoms with Crippen molar-refractivity contribution in [2.45, 2.75) is 57.8 Å². The average Bonchev–Trinajstić information content (AvgIpc) is 2.80. The largest absolute Gasteiger partial charge is 0.491 e. The number of piperazine rings is 1. The van der Waals surface area contributed by atoms with Crippen LogP contribution in [0.3, 0.4) is 0 Å². The summed E-state index contributed by atoms with van der Waals surface area (Å²) in [6.07, 6.45) is 3.39. The summed E-state index contributed by atoms with van der Waals surface area (Å²) in [5, 5.41) is 6.90. The molecule has 4 rings (SSSR count). The lowest BCUT2D eigenvalue weighted by molar-refractivity contribution is 0.0927. The first kappa shape index (κ1) is 22.0. The van der Waals surface area contributed by atoms with E-state index in [9.17, 15) is 4.79 Å². The Morgan fingerprint density at radius 3 is 2.65 bits per heavy atom. The minimum atomic E-state index is -0.0189. The lowest BCUT2D eigenvalue weighted by atomic mass is 9.95. The second kappa shape index (κ2) is 10.4. The molecule has 166 valence electrons. The predicted molar refractivity (Wildman–Crippen MR) is 125 cm³/mol. The van der Waals surface area contributed by atoms with Crippen molar-refractivity contribution in [3.05, 3.63) is 65.2 Å². The van der Waals surface area contributed by atoms with Gasteiger partial charge in [0.25, 0.3) is 0 Å². The van der Waals surface area contributed by atoms with Gasteiger partial charge in [0.2, 0.25) is 0 Å². The standard InChI is InChI=1S/C26H35N3O2/c1-19(2)31-25-9-4-3-7-22(25)24-17-27-15-16-29(24)18-20-10-12-21(13-11-20)26(30)23-8-5-6-14-28-23/h3-4,7,9-13,19,23-24,27-28H,5-6,8,14-18H2,1-2H3. The highest BCUT2D eigenvalue weighted by atomic mass is 16.5. The van der Waals surface area contributed by atoms with E-state index in [1.165, 1.54) is 17.5 Å². The monoisotopic (exact) mass is 421 g/mol. The topological polar surface area (TPSA) is 53.6 Å². The van der Waals surface area contributed by atoms with Gasteiger partial charge in [-0.3, -0.25) is 9.69 Å². The molecular weight excluding hydrogens is 386 g/mol. The molecule has 2 saturated heterocycles. The van der Waals surface area contributed by atoms with Crippen molar-refractivity contribution in [3.63, 3.8) is 0 Å². The second-order valence-corrected chi connectivity index (χ2v) is 8.96. The molecular formula is C26H35N3O2. The average molecular weight is 422 g/mol. The van der Waals surface area contributed by atoms with Gasteiger partial charge in [0.1, 0.15) is 5.75 Å². The molecule has 0 radical (unpaired) electrons. The molecule has 2 heterocycles. The molecule has 2 unspecified atom stereocenters. The van der Waals surface area contributed by atoms with Gasteiger partial charge in [-0.2, -0.15) is 0 Å². The second-order valence-electron chi connectivity index (χ2n) is 8.96. The van der Waals surface area contributed by atoms with E-state index in [0.29, 0.717) is 0 Å². The van der Waals surface area contributed by atoms with E-state index in [4.69, 9.17) is 4.74 Å². The first-order chi connectivity index (χ1) is 15.1. The molecule has 2 aliphatic rings. The summed E-state index contributed by atoms with van der Waals surface area (Å²) in [5.74, 6) is 1.20. The van der Waals surface area contributed by atoms with E-state index in [1.54, 1.807) is 0 Å². The Morgan fingerprint density at radius 2 is 1.90 bits per heavy atom. The lowest BCUT2D eigenvalue weighted by Gasteiger charge is -2.37. The zero-order chi connectivity index (χ0) is 21.6. The first-order valence-corrected chi connectivity index (χ1v) is 11.7. The number of benzene rings is 2. The van der Waals surface area contributed by atoms with Gasteiger partial charge in [0.05, 0.1) is 18.2 Å². The number of carbonyl (C=O) groups excluding carboxylic acids is 1. The Kier molecular flexibility index (Phi) is 7.38. The van der Waals surface area contributed by atoms with Gasteiger partial charge in [-0.1, -0.05) is 48.9 Å². The molecule has 31 heavy (non-hydrogen) atoms. The van der Waals surface area contributed by atoms with Crippen molar-refractivity contribution >= 4 is 5.78 Å². The van der Waals surface area contributed by atoms with Crippen molar-refractivity contribution in [1.82, 2.24) is 15.5 Å². The molecule has 5 heteroatoms. The lowest BCUT2D eigenvalue weighted by Crippen LogP contribution is -2.45. The fourth-order valence-electron chi connectivity index (χ4n) is 4.65. The minimum absolute atomic E-state index is 0.0189. The van der Waals surface area contributed by atoms with E-state index in [1.807, 2.05) is 18.2 Å². The Morgan fingerprint density at radius 1 is 1.10 bits per heavy atom. The van der Waals surface area contributed by atoms with Crippen LogP contribution < -0.4 is 15.4 Å². The SMILES string of the molecule is CC(C)Oc1ccccc1C1CNCCN1Cc1ccc(C(=O)C2CCCCN2)cc1. The molecule has 2 fully saturated rings. The molecule has 5 nitrogen and oxygen atoms in total. The molecule has 0 amide bonds.